The molecule has 0 aliphatic carbocycles. The summed E-state index contributed by atoms with van der Waals surface area (Å²) in [6, 6.07) is 6.08. The number of oxazole rings is 1. The van der Waals surface area contributed by atoms with Gasteiger partial charge in [-0.25, -0.2) is 4.98 Å². The molecule has 4 nitrogen and oxygen atoms in total. The molecule has 0 saturated carbocycles. The minimum atomic E-state index is 0.605. The van der Waals surface area contributed by atoms with E-state index in [-0.39, 0.29) is 0 Å². The van der Waals surface area contributed by atoms with Crippen LogP contribution in [0.3, 0.4) is 0 Å². The number of nitrogens with zero attached hydrogens (tertiary/aromatic N) is 1. The van der Waals surface area contributed by atoms with Crippen LogP contribution in [0.5, 0.6) is 0 Å². The summed E-state index contributed by atoms with van der Waals surface area (Å²) in [6.45, 7) is 2.06. The number of methoxy groups -OCH3 is 1. The second-order valence-corrected chi connectivity index (χ2v) is 5.99. The maximum atomic E-state index is 5.75. The van der Waals surface area contributed by atoms with E-state index < -0.39 is 0 Å². The number of nitrogens with one attached hydrogen (secondary N) is 1. The van der Waals surface area contributed by atoms with Gasteiger partial charge in [0, 0.05) is 27.3 Å². The largest absolute Gasteiger partial charge is 0.439 e. The van der Waals surface area contributed by atoms with Gasteiger partial charge in [0.05, 0.1) is 19.3 Å². The molecule has 2 rings (SSSR count). The van der Waals surface area contributed by atoms with E-state index in [9.17, 15) is 0 Å². The lowest BCUT2D eigenvalue weighted by Crippen LogP contribution is -2.18. The first-order valence-electron chi connectivity index (χ1n) is 5.80. The lowest BCUT2D eigenvalue weighted by Gasteiger charge is -2.02. The molecule has 1 aromatic heterocycles. The summed E-state index contributed by atoms with van der Waals surface area (Å²) in [5.74, 6) is 1.47. The standard InChI is InChI=1S/C13H14BrIN2O2/c1-18-5-4-16-8-13-17-7-12(19-13)10-6-9(14)2-3-11(10)15/h2-3,6-7,16H,4-5,8H2,1H3. The SMILES string of the molecule is COCCNCc1ncc(-c2cc(Br)ccc2I)o1. The van der Waals surface area contributed by atoms with Crippen molar-refractivity contribution in [2.75, 3.05) is 20.3 Å². The summed E-state index contributed by atoms with van der Waals surface area (Å²) in [5.41, 5.74) is 1.05. The Balaban J connectivity index is 2.06. The van der Waals surface area contributed by atoms with E-state index in [0.29, 0.717) is 19.0 Å². The van der Waals surface area contributed by atoms with Crippen molar-refractivity contribution >= 4 is 38.5 Å². The van der Waals surface area contributed by atoms with E-state index in [1.807, 2.05) is 18.2 Å². The van der Waals surface area contributed by atoms with Gasteiger partial charge < -0.3 is 14.5 Å². The monoisotopic (exact) mass is 436 g/mol. The maximum Gasteiger partial charge on any atom is 0.208 e. The van der Waals surface area contributed by atoms with E-state index in [4.69, 9.17) is 9.15 Å². The lowest BCUT2D eigenvalue weighted by molar-refractivity contribution is 0.198. The minimum Gasteiger partial charge on any atom is -0.439 e. The number of aromatic nitrogens is 1. The third-order valence-electron chi connectivity index (χ3n) is 2.51. The maximum absolute atomic E-state index is 5.75. The van der Waals surface area contributed by atoms with Gasteiger partial charge in [-0.3, -0.25) is 0 Å². The van der Waals surface area contributed by atoms with Gasteiger partial charge in [0.1, 0.15) is 0 Å². The fourth-order valence-corrected chi connectivity index (χ4v) is 2.53. The quantitative estimate of drug-likeness (QED) is 0.556. The van der Waals surface area contributed by atoms with Crippen LogP contribution in [0.4, 0.5) is 0 Å². The van der Waals surface area contributed by atoms with Gasteiger partial charge in [-0.05, 0) is 40.8 Å². The second kappa shape index (κ2) is 7.37. The zero-order valence-electron chi connectivity index (χ0n) is 10.5. The number of benzene rings is 1. The smallest absolute Gasteiger partial charge is 0.208 e. The van der Waals surface area contributed by atoms with E-state index in [2.05, 4.69) is 48.8 Å². The predicted octanol–water partition coefficient (Wildman–Crippen LogP) is 3.44. The number of hydrogen-bond donors (Lipinski definition) is 1. The fourth-order valence-electron chi connectivity index (χ4n) is 1.57. The van der Waals surface area contributed by atoms with E-state index in [1.54, 1.807) is 13.3 Å². The molecule has 0 fully saturated rings. The van der Waals surface area contributed by atoms with E-state index >= 15 is 0 Å². The first-order valence-corrected chi connectivity index (χ1v) is 7.67. The number of halogens is 2. The molecule has 0 radical (unpaired) electrons. The molecule has 0 amide bonds. The summed E-state index contributed by atoms with van der Waals surface area (Å²) < 4.78 is 12.9. The molecule has 19 heavy (non-hydrogen) atoms. The van der Waals surface area contributed by atoms with Crippen molar-refractivity contribution in [3.05, 3.63) is 38.3 Å². The Kier molecular flexibility index (Phi) is 5.80. The summed E-state index contributed by atoms with van der Waals surface area (Å²) in [4.78, 5) is 4.27. The van der Waals surface area contributed by atoms with Crippen molar-refractivity contribution in [1.82, 2.24) is 10.3 Å². The van der Waals surface area contributed by atoms with Crippen molar-refractivity contribution in [1.29, 1.82) is 0 Å². The first kappa shape index (κ1) is 15.0. The topological polar surface area (TPSA) is 47.3 Å². The molecular formula is C13H14BrIN2O2. The van der Waals surface area contributed by atoms with Crippen molar-refractivity contribution < 1.29 is 9.15 Å². The molecule has 1 heterocycles. The molecule has 0 aliphatic heterocycles. The molecule has 0 bridgehead atoms. The number of rotatable bonds is 6. The molecule has 0 atom stereocenters. The van der Waals surface area contributed by atoms with Crippen LogP contribution in [-0.4, -0.2) is 25.2 Å². The van der Waals surface area contributed by atoms with Gasteiger partial charge in [-0.1, -0.05) is 15.9 Å². The summed E-state index contributed by atoms with van der Waals surface area (Å²) in [5, 5.41) is 3.20. The third kappa shape index (κ3) is 4.27. The van der Waals surface area contributed by atoms with Gasteiger partial charge >= 0.3 is 0 Å². The fraction of sp³-hybridized carbons (Fsp3) is 0.308. The molecule has 0 aliphatic rings. The first-order chi connectivity index (χ1) is 9.20. The third-order valence-corrected chi connectivity index (χ3v) is 3.94. The van der Waals surface area contributed by atoms with E-state index in [0.717, 1.165) is 25.9 Å². The average Bonchev–Trinajstić information content (AvgIpc) is 2.86. The highest BCUT2D eigenvalue weighted by Gasteiger charge is 2.10. The Hall–Kier alpha value is -0.440. The normalized spacial score (nSPS) is 10.9. The Morgan fingerprint density at radius 3 is 3.11 bits per heavy atom. The van der Waals surface area contributed by atoms with Crippen LogP contribution in [0.2, 0.25) is 0 Å². The summed E-state index contributed by atoms with van der Waals surface area (Å²) in [6.07, 6.45) is 1.76. The van der Waals surface area contributed by atoms with Gasteiger partial charge in [-0.2, -0.15) is 0 Å². The van der Waals surface area contributed by atoms with Crippen LogP contribution >= 0.6 is 38.5 Å². The van der Waals surface area contributed by atoms with Crippen LogP contribution in [-0.2, 0) is 11.3 Å². The Labute approximate surface area is 134 Å². The molecule has 1 N–H and O–H groups in total. The summed E-state index contributed by atoms with van der Waals surface area (Å²) in [7, 11) is 1.68. The Morgan fingerprint density at radius 2 is 2.32 bits per heavy atom. The number of ether oxygens (including phenoxy) is 1. The van der Waals surface area contributed by atoms with Crippen LogP contribution in [0.15, 0.2) is 33.3 Å². The van der Waals surface area contributed by atoms with E-state index in [1.165, 1.54) is 0 Å². The van der Waals surface area contributed by atoms with Gasteiger partial charge in [-0.15, -0.1) is 0 Å². The zero-order valence-corrected chi connectivity index (χ0v) is 14.2. The van der Waals surface area contributed by atoms with Gasteiger partial charge in [0.2, 0.25) is 5.89 Å². The molecule has 0 spiro atoms. The van der Waals surface area contributed by atoms with Crippen molar-refractivity contribution in [3.8, 4) is 11.3 Å². The Morgan fingerprint density at radius 1 is 1.47 bits per heavy atom. The molecule has 2 aromatic rings. The number of hydrogen-bond acceptors (Lipinski definition) is 4. The molecule has 0 unspecified atom stereocenters. The predicted molar refractivity (Wildman–Crippen MR) is 85.9 cm³/mol. The van der Waals surface area contributed by atoms with Crippen LogP contribution in [0.1, 0.15) is 5.89 Å². The summed E-state index contributed by atoms with van der Waals surface area (Å²) >= 11 is 5.76. The van der Waals surface area contributed by atoms with Crippen LogP contribution in [0.25, 0.3) is 11.3 Å². The molecule has 102 valence electrons. The second-order valence-electron chi connectivity index (χ2n) is 3.91. The highest BCUT2D eigenvalue weighted by Crippen LogP contribution is 2.28. The average molecular weight is 437 g/mol. The Bertz CT molecular complexity index is 545. The van der Waals surface area contributed by atoms with Crippen LogP contribution < -0.4 is 5.32 Å². The van der Waals surface area contributed by atoms with Gasteiger partial charge in [0.15, 0.2) is 5.76 Å². The molecule has 0 saturated heterocycles. The van der Waals surface area contributed by atoms with Crippen LogP contribution in [0, 0.1) is 3.57 Å². The van der Waals surface area contributed by atoms with Crippen molar-refractivity contribution in [2.45, 2.75) is 6.54 Å². The highest BCUT2D eigenvalue weighted by atomic mass is 127. The van der Waals surface area contributed by atoms with Gasteiger partial charge in [0.25, 0.3) is 0 Å². The lowest BCUT2D eigenvalue weighted by atomic mass is 10.2. The minimum absolute atomic E-state index is 0.605. The molecular weight excluding hydrogens is 423 g/mol. The van der Waals surface area contributed by atoms with Crippen molar-refractivity contribution in [3.63, 3.8) is 0 Å². The molecule has 6 heteroatoms. The zero-order chi connectivity index (χ0) is 13.7. The van der Waals surface area contributed by atoms with Crippen molar-refractivity contribution in [2.24, 2.45) is 0 Å². The highest BCUT2D eigenvalue weighted by molar-refractivity contribution is 14.1. The molecule has 1 aromatic carbocycles.